The van der Waals surface area contributed by atoms with Crippen molar-refractivity contribution < 1.29 is 19.2 Å². The number of para-hydroxylation sites is 2. The molecule has 0 aromatic heterocycles. The number of hydrogen-bond donors (Lipinski definition) is 1. The molecule has 0 bridgehead atoms. The summed E-state index contributed by atoms with van der Waals surface area (Å²) < 4.78 is 5.10. The number of hydrogen-bond acceptors (Lipinski definition) is 8. The van der Waals surface area contributed by atoms with Crippen molar-refractivity contribution in [2.75, 3.05) is 23.4 Å². The van der Waals surface area contributed by atoms with Gasteiger partial charge in [-0.1, -0.05) is 36.0 Å². The third kappa shape index (κ3) is 5.00. The Kier molecular flexibility index (Phi) is 6.75. The smallest absolute Gasteiger partial charge is 0.308 e. The molecule has 4 rings (SSSR count). The van der Waals surface area contributed by atoms with E-state index >= 15 is 0 Å². The molecule has 0 atom stereocenters. The maximum atomic E-state index is 12.3. The maximum Gasteiger partial charge on any atom is 0.308 e. The molecule has 1 heterocycles. The van der Waals surface area contributed by atoms with Gasteiger partial charge in [-0.15, -0.1) is 0 Å². The van der Waals surface area contributed by atoms with E-state index in [1.54, 1.807) is 17.8 Å². The molecule has 3 aromatic rings. The second kappa shape index (κ2) is 10.1. The average molecular weight is 474 g/mol. The minimum absolute atomic E-state index is 0.0571. The highest BCUT2D eigenvalue weighted by Gasteiger charge is 2.23. The van der Waals surface area contributed by atoms with Crippen molar-refractivity contribution >= 4 is 46.4 Å². The van der Waals surface area contributed by atoms with Crippen LogP contribution in [-0.2, 0) is 14.3 Å². The molecule has 10 heteroatoms. The van der Waals surface area contributed by atoms with Crippen molar-refractivity contribution in [2.45, 2.75) is 16.2 Å². The first-order chi connectivity index (χ1) is 16.5. The quantitative estimate of drug-likeness (QED) is 0.298. The number of nitriles is 1. The summed E-state index contributed by atoms with van der Waals surface area (Å²) in [5.41, 5.74) is 1.78. The standard InChI is InChI=1S/C24H18N4O5S/c25-14-16-13-17(28(31)32)9-10-18(16)26-23(29)15-33-24(30)11-12-27-19-5-1-3-7-21(19)34-22-8-4-2-6-20(22)27/h1-10,13H,11-12,15H2,(H,26,29). The van der Waals surface area contributed by atoms with Crippen LogP contribution in [0.3, 0.4) is 0 Å². The Hall–Kier alpha value is -4.36. The van der Waals surface area contributed by atoms with Gasteiger partial charge in [0.15, 0.2) is 6.61 Å². The SMILES string of the molecule is N#Cc1cc([N+](=O)[O-])ccc1NC(=O)COC(=O)CCN1c2ccccc2Sc2ccccc21. The molecule has 0 unspecified atom stereocenters. The number of rotatable bonds is 7. The number of fused-ring (bicyclic) bond motifs is 2. The minimum Gasteiger partial charge on any atom is -0.456 e. The summed E-state index contributed by atoms with van der Waals surface area (Å²) in [7, 11) is 0. The Morgan fingerprint density at radius 1 is 1.06 bits per heavy atom. The van der Waals surface area contributed by atoms with Gasteiger partial charge in [0.25, 0.3) is 11.6 Å². The van der Waals surface area contributed by atoms with Crippen LogP contribution in [0.25, 0.3) is 0 Å². The predicted octanol–water partition coefficient (Wildman–Crippen LogP) is 4.64. The topological polar surface area (TPSA) is 126 Å². The van der Waals surface area contributed by atoms with Crippen molar-refractivity contribution in [2.24, 2.45) is 0 Å². The minimum atomic E-state index is -0.649. The first-order valence-electron chi connectivity index (χ1n) is 10.2. The van der Waals surface area contributed by atoms with Crippen LogP contribution in [0.4, 0.5) is 22.7 Å². The van der Waals surface area contributed by atoms with Gasteiger partial charge in [0, 0.05) is 28.5 Å². The fourth-order valence-corrected chi connectivity index (χ4v) is 4.57. The predicted molar refractivity (Wildman–Crippen MR) is 126 cm³/mol. The van der Waals surface area contributed by atoms with Crippen molar-refractivity contribution in [3.05, 3.63) is 82.4 Å². The number of carbonyl (C=O) groups is 2. The van der Waals surface area contributed by atoms with Gasteiger partial charge in [-0.3, -0.25) is 19.7 Å². The molecular weight excluding hydrogens is 456 g/mol. The van der Waals surface area contributed by atoms with Crippen LogP contribution in [0.2, 0.25) is 0 Å². The highest BCUT2D eigenvalue weighted by Crippen LogP contribution is 2.47. The molecule has 1 aliphatic rings. The number of nitro groups is 1. The molecule has 0 fully saturated rings. The van der Waals surface area contributed by atoms with Gasteiger partial charge in [0.05, 0.1) is 34.0 Å². The first-order valence-corrected chi connectivity index (χ1v) is 11.1. The molecule has 1 aliphatic heterocycles. The number of benzene rings is 3. The fraction of sp³-hybridized carbons (Fsp3) is 0.125. The van der Waals surface area contributed by atoms with E-state index in [0.717, 1.165) is 27.2 Å². The fourth-order valence-electron chi connectivity index (χ4n) is 3.48. The molecule has 9 nitrogen and oxygen atoms in total. The van der Waals surface area contributed by atoms with Crippen molar-refractivity contribution in [3.8, 4) is 6.07 Å². The Labute approximate surface area is 199 Å². The number of nitrogens with one attached hydrogen (secondary N) is 1. The highest BCUT2D eigenvalue weighted by atomic mass is 32.2. The molecule has 0 aliphatic carbocycles. The average Bonchev–Trinajstić information content (AvgIpc) is 2.85. The van der Waals surface area contributed by atoms with E-state index in [1.165, 1.54) is 12.1 Å². The third-order valence-electron chi connectivity index (χ3n) is 5.04. The van der Waals surface area contributed by atoms with Crippen LogP contribution in [0.15, 0.2) is 76.5 Å². The van der Waals surface area contributed by atoms with E-state index in [4.69, 9.17) is 4.74 Å². The first kappa shape index (κ1) is 22.8. The lowest BCUT2D eigenvalue weighted by molar-refractivity contribution is -0.384. The van der Waals surface area contributed by atoms with E-state index in [-0.39, 0.29) is 23.4 Å². The number of carbonyl (C=O) groups excluding carboxylic acids is 2. The number of esters is 1. The lowest BCUT2D eigenvalue weighted by Crippen LogP contribution is -2.26. The normalized spacial score (nSPS) is 11.6. The zero-order valence-electron chi connectivity index (χ0n) is 17.8. The molecule has 34 heavy (non-hydrogen) atoms. The van der Waals surface area contributed by atoms with Crippen LogP contribution in [0, 0.1) is 21.4 Å². The lowest BCUT2D eigenvalue weighted by Gasteiger charge is -2.32. The molecular formula is C24H18N4O5S. The summed E-state index contributed by atoms with van der Waals surface area (Å²) in [6.45, 7) is -0.167. The Morgan fingerprint density at radius 2 is 1.71 bits per heavy atom. The summed E-state index contributed by atoms with van der Waals surface area (Å²) in [6, 6.07) is 21.2. The summed E-state index contributed by atoms with van der Waals surface area (Å²) >= 11 is 1.67. The van der Waals surface area contributed by atoms with Gasteiger partial charge < -0.3 is 15.0 Å². The van der Waals surface area contributed by atoms with Crippen LogP contribution in [0.5, 0.6) is 0 Å². The molecule has 3 aromatic carbocycles. The molecule has 0 radical (unpaired) electrons. The van der Waals surface area contributed by atoms with Crippen LogP contribution >= 0.6 is 11.8 Å². The van der Waals surface area contributed by atoms with Gasteiger partial charge in [-0.25, -0.2) is 0 Å². The van der Waals surface area contributed by atoms with Gasteiger partial charge in [0.2, 0.25) is 0 Å². The second-order valence-corrected chi connectivity index (χ2v) is 8.33. The number of amides is 1. The van der Waals surface area contributed by atoms with Gasteiger partial charge >= 0.3 is 5.97 Å². The highest BCUT2D eigenvalue weighted by molar-refractivity contribution is 7.99. The zero-order valence-corrected chi connectivity index (χ0v) is 18.6. The zero-order chi connectivity index (χ0) is 24.1. The number of nitro benzene ring substituents is 1. The van der Waals surface area contributed by atoms with Gasteiger partial charge in [-0.2, -0.15) is 5.26 Å². The monoisotopic (exact) mass is 474 g/mol. The van der Waals surface area contributed by atoms with E-state index in [1.807, 2.05) is 48.5 Å². The van der Waals surface area contributed by atoms with Crippen molar-refractivity contribution in [3.63, 3.8) is 0 Å². The second-order valence-electron chi connectivity index (χ2n) is 7.25. The Balaban J connectivity index is 1.35. The molecule has 0 saturated heterocycles. The summed E-state index contributed by atoms with van der Waals surface area (Å²) in [5, 5.41) is 22.5. The van der Waals surface area contributed by atoms with Crippen LogP contribution in [0.1, 0.15) is 12.0 Å². The molecule has 0 spiro atoms. The Bertz CT molecular complexity index is 1280. The van der Waals surface area contributed by atoms with Crippen LogP contribution < -0.4 is 10.2 Å². The van der Waals surface area contributed by atoms with Crippen molar-refractivity contribution in [1.29, 1.82) is 5.26 Å². The largest absolute Gasteiger partial charge is 0.456 e. The van der Waals surface area contributed by atoms with E-state index in [9.17, 15) is 25.0 Å². The van der Waals surface area contributed by atoms with E-state index in [0.29, 0.717) is 6.54 Å². The number of nitrogens with zero attached hydrogens (tertiary/aromatic N) is 3. The molecule has 1 amide bonds. The number of non-ortho nitro benzene ring substituents is 1. The Morgan fingerprint density at radius 3 is 2.32 bits per heavy atom. The van der Waals surface area contributed by atoms with E-state index < -0.39 is 23.4 Å². The summed E-state index contributed by atoms with van der Waals surface area (Å²) in [4.78, 5) is 39.0. The van der Waals surface area contributed by atoms with Gasteiger partial charge in [-0.05, 0) is 30.3 Å². The summed E-state index contributed by atoms with van der Waals surface area (Å²) in [6.07, 6.45) is 0.0571. The summed E-state index contributed by atoms with van der Waals surface area (Å²) in [5.74, 6) is -1.20. The third-order valence-corrected chi connectivity index (χ3v) is 6.17. The molecule has 170 valence electrons. The maximum absolute atomic E-state index is 12.3. The number of ether oxygens (including phenoxy) is 1. The van der Waals surface area contributed by atoms with Gasteiger partial charge in [0.1, 0.15) is 6.07 Å². The molecule has 0 saturated carbocycles. The van der Waals surface area contributed by atoms with Crippen LogP contribution in [-0.4, -0.2) is 30.0 Å². The lowest BCUT2D eigenvalue weighted by atomic mass is 10.1. The molecule has 1 N–H and O–H groups in total. The van der Waals surface area contributed by atoms with Crippen molar-refractivity contribution in [1.82, 2.24) is 0 Å². The number of anilines is 3. The van der Waals surface area contributed by atoms with E-state index in [2.05, 4.69) is 10.2 Å².